The van der Waals surface area contributed by atoms with Gasteiger partial charge in [-0.1, -0.05) is 0 Å². The molecular formula is C2H3BrClN3. The Morgan fingerprint density at radius 2 is 2.71 bits per heavy atom. The second kappa shape index (κ2) is 1.98. The fourth-order valence-electron chi connectivity index (χ4n) is 0.295. The lowest BCUT2D eigenvalue weighted by atomic mass is 11.2. The third-order valence-electron chi connectivity index (χ3n) is 0.547. The van der Waals surface area contributed by atoms with Crippen LogP contribution in [0.3, 0.4) is 0 Å². The van der Waals surface area contributed by atoms with Crippen LogP contribution in [0, 0.1) is 0 Å². The summed E-state index contributed by atoms with van der Waals surface area (Å²) in [6, 6.07) is 0. The summed E-state index contributed by atoms with van der Waals surface area (Å²) in [5.41, 5.74) is 2.68. The maximum atomic E-state index is 5.38. The van der Waals surface area contributed by atoms with Gasteiger partial charge in [0.25, 0.3) is 0 Å². The molecule has 0 aromatic heterocycles. The summed E-state index contributed by atoms with van der Waals surface area (Å²) < 4.78 is 2.03. The standard InChI is InChI=1S/C2H3BrClN3/c3-2-5-1-7(4)6-2/h1H2,(H,5,6). The van der Waals surface area contributed by atoms with Gasteiger partial charge >= 0.3 is 0 Å². The molecule has 0 bridgehead atoms. The molecule has 0 aromatic rings. The Morgan fingerprint density at radius 3 is 2.86 bits per heavy atom. The van der Waals surface area contributed by atoms with Crippen LogP contribution in [0.4, 0.5) is 0 Å². The molecule has 40 valence electrons. The van der Waals surface area contributed by atoms with Crippen LogP contribution in [0.1, 0.15) is 0 Å². The Balaban J connectivity index is 2.42. The predicted octanol–water partition coefficient (Wildman–Crippen LogP) is 0.669. The Morgan fingerprint density at radius 1 is 2.00 bits per heavy atom. The van der Waals surface area contributed by atoms with E-state index in [9.17, 15) is 0 Å². The highest BCUT2D eigenvalue weighted by molar-refractivity contribution is 9.18. The van der Waals surface area contributed by atoms with E-state index in [4.69, 9.17) is 11.8 Å². The minimum Gasteiger partial charge on any atom is -0.282 e. The Hall–Kier alpha value is 0.200. The van der Waals surface area contributed by atoms with Gasteiger partial charge in [0.2, 0.25) is 0 Å². The Bertz CT molecular complexity index is 103. The van der Waals surface area contributed by atoms with Crippen LogP contribution in [0.2, 0.25) is 0 Å². The summed E-state index contributed by atoms with van der Waals surface area (Å²) in [5.74, 6) is 0. The van der Waals surface area contributed by atoms with Crippen LogP contribution >= 0.6 is 27.7 Å². The minimum absolute atomic E-state index is 0.502. The number of nitrogens with zero attached hydrogens (tertiary/aromatic N) is 2. The zero-order valence-electron chi connectivity index (χ0n) is 3.36. The number of hydrogen-bond acceptors (Lipinski definition) is 3. The van der Waals surface area contributed by atoms with E-state index in [2.05, 4.69) is 26.3 Å². The summed E-state index contributed by atoms with van der Waals surface area (Å²) in [7, 11) is 0. The van der Waals surface area contributed by atoms with Crippen molar-refractivity contribution >= 4 is 32.5 Å². The largest absolute Gasteiger partial charge is 0.282 e. The van der Waals surface area contributed by atoms with Crippen molar-refractivity contribution in [3.8, 4) is 0 Å². The van der Waals surface area contributed by atoms with E-state index in [1.807, 2.05) is 0 Å². The van der Waals surface area contributed by atoms with Gasteiger partial charge < -0.3 is 0 Å². The van der Waals surface area contributed by atoms with Crippen molar-refractivity contribution in [3.05, 3.63) is 0 Å². The molecule has 0 amide bonds. The first-order chi connectivity index (χ1) is 3.29. The summed E-state index contributed by atoms with van der Waals surface area (Å²) in [6.45, 7) is 0.502. The first kappa shape index (κ1) is 5.34. The monoisotopic (exact) mass is 183 g/mol. The topological polar surface area (TPSA) is 27.6 Å². The first-order valence-corrected chi connectivity index (χ1v) is 2.82. The van der Waals surface area contributed by atoms with Gasteiger partial charge in [-0.2, -0.15) is 0 Å². The number of aliphatic imine (C=N–C) groups is 1. The van der Waals surface area contributed by atoms with Crippen molar-refractivity contribution in [1.29, 1.82) is 0 Å². The first-order valence-electron chi connectivity index (χ1n) is 1.69. The molecule has 0 unspecified atom stereocenters. The summed E-state index contributed by atoms with van der Waals surface area (Å²) >= 11 is 8.48. The number of nitrogens with one attached hydrogen (secondary N) is 1. The van der Waals surface area contributed by atoms with Gasteiger partial charge in [0.05, 0.1) is 0 Å². The van der Waals surface area contributed by atoms with Gasteiger partial charge in [-0.05, 0) is 15.9 Å². The molecule has 0 aromatic carbocycles. The molecule has 1 aliphatic heterocycles. The van der Waals surface area contributed by atoms with E-state index in [1.165, 1.54) is 4.53 Å². The van der Waals surface area contributed by atoms with E-state index >= 15 is 0 Å². The second-order valence-corrected chi connectivity index (χ2v) is 2.22. The maximum absolute atomic E-state index is 5.38. The average Bonchev–Trinajstić information content (AvgIpc) is 1.87. The van der Waals surface area contributed by atoms with E-state index in [1.54, 1.807) is 0 Å². The van der Waals surface area contributed by atoms with Crippen molar-refractivity contribution in [2.75, 3.05) is 6.67 Å². The third-order valence-corrected chi connectivity index (χ3v) is 1.17. The zero-order chi connectivity index (χ0) is 5.28. The van der Waals surface area contributed by atoms with Crippen molar-refractivity contribution in [2.45, 2.75) is 0 Å². The van der Waals surface area contributed by atoms with Crippen LogP contribution in [-0.2, 0) is 0 Å². The molecule has 0 aliphatic carbocycles. The highest BCUT2D eigenvalue weighted by Crippen LogP contribution is 2.00. The van der Waals surface area contributed by atoms with Crippen molar-refractivity contribution in [1.82, 2.24) is 9.95 Å². The maximum Gasteiger partial charge on any atom is 0.182 e. The Labute approximate surface area is 54.6 Å². The minimum atomic E-state index is 0.502. The molecule has 1 rings (SSSR count). The molecular weight excluding hydrogens is 181 g/mol. The molecule has 3 nitrogen and oxygen atoms in total. The normalized spacial score (nSPS) is 21.7. The lowest BCUT2D eigenvalue weighted by molar-refractivity contribution is 0.465. The SMILES string of the molecule is ClN1CN=C(Br)N1. The molecule has 0 saturated carbocycles. The van der Waals surface area contributed by atoms with Crippen molar-refractivity contribution in [2.24, 2.45) is 4.99 Å². The van der Waals surface area contributed by atoms with Gasteiger partial charge in [0, 0.05) is 11.8 Å². The van der Waals surface area contributed by atoms with E-state index < -0.39 is 0 Å². The highest BCUT2D eigenvalue weighted by Gasteiger charge is 2.06. The average molecular weight is 184 g/mol. The second-order valence-electron chi connectivity index (χ2n) is 1.06. The third kappa shape index (κ3) is 1.29. The number of hydrazine groups is 1. The molecule has 0 radical (unpaired) electrons. The van der Waals surface area contributed by atoms with Crippen LogP contribution in [0.5, 0.6) is 0 Å². The van der Waals surface area contributed by atoms with Crippen LogP contribution in [0.25, 0.3) is 0 Å². The van der Waals surface area contributed by atoms with Crippen LogP contribution in [-0.4, -0.2) is 15.9 Å². The number of halogens is 2. The molecule has 1 N–H and O–H groups in total. The van der Waals surface area contributed by atoms with Crippen molar-refractivity contribution < 1.29 is 0 Å². The zero-order valence-corrected chi connectivity index (χ0v) is 5.70. The lowest BCUT2D eigenvalue weighted by Crippen LogP contribution is -2.24. The molecule has 0 saturated heterocycles. The van der Waals surface area contributed by atoms with E-state index in [0.29, 0.717) is 11.4 Å². The van der Waals surface area contributed by atoms with E-state index in [-0.39, 0.29) is 0 Å². The Kier molecular flexibility index (Phi) is 1.51. The quantitative estimate of drug-likeness (QED) is 0.443. The van der Waals surface area contributed by atoms with Crippen molar-refractivity contribution in [3.63, 3.8) is 0 Å². The molecule has 5 heteroatoms. The number of rotatable bonds is 0. The molecule has 1 heterocycles. The summed E-state index contributed by atoms with van der Waals surface area (Å²) in [5, 5.41) is 0. The van der Waals surface area contributed by atoms with Gasteiger partial charge in [-0.15, -0.1) is 4.53 Å². The number of amidine groups is 1. The van der Waals surface area contributed by atoms with E-state index in [0.717, 1.165) is 0 Å². The smallest absolute Gasteiger partial charge is 0.182 e. The number of hydrogen-bond donors (Lipinski definition) is 1. The predicted molar refractivity (Wildman–Crippen MR) is 32.1 cm³/mol. The fourth-order valence-corrected chi connectivity index (χ4v) is 0.857. The molecule has 0 fully saturated rings. The highest BCUT2D eigenvalue weighted by atomic mass is 79.9. The summed E-state index contributed by atoms with van der Waals surface area (Å²) in [4.78, 5) is 3.83. The molecule has 0 atom stereocenters. The fraction of sp³-hybridized carbons (Fsp3) is 0.500. The molecule has 7 heavy (non-hydrogen) atoms. The van der Waals surface area contributed by atoms with Gasteiger partial charge in [-0.25, -0.2) is 4.99 Å². The molecule has 1 aliphatic rings. The van der Waals surface area contributed by atoms with Gasteiger partial charge in [0.15, 0.2) is 4.74 Å². The summed E-state index contributed by atoms with van der Waals surface area (Å²) in [6.07, 6.45) is 0. The molecule has 0 spiro atoms. The van der Waals surface area contributed by atoms with Crippen LogP contribution < -0.4 is 5.43 Å². The van der Waals surface area contributed by atoms with Crippen LogP contribution in [0.15, 0.2) is 4.99 Å². The van der Waals surface area contributed by atoms with Gasteiger partial charge in [0.1, 0.15) is 6.67 Å². The van der Waals surface area contributed by atoms with Gasteiger partial charge in [-0.3, -0.25) is 5.43 Å². The lowest BCUT2D eigenvalue weighted by Gasteiger charge is -1.99.